The van der Waals surface area contributed by atoms with Crippen molar-refractivity contribution in [1.29, 1.82) is 0 Å². The average Bonchev–Trinajstić information content (AvgIpc) is 3.12. The number of amides is 1. The van der Waals surface area contributed by atoms with Gasteiger partial charge in [0.25, 0.3) is 5.91 Å². The molecule has 2 heterocycles. The van der Waals surface area contributed by atoms with E-state index in [0.717, 1.165) is 0 Å². The van der Waals surface area contributed by atoms with E-state index >= 15 is 0 Å². The summed E-state index contributed by atoms with van der Waals surface area (Å²) in [6.07, 6.45) is 0. The number of ether oxygens (including phenoxy) is 2. The highest BCUT2D eigenvalue weighted by atomic mass is 19.1. The van der Waals surface area contributed by atoms with Crippen LogP contribution in [0.3, 0.4) is 0 Å². The molecule has 25 heavy (non-hydrogen) atoms. The summed E-state index contributed by atoms with van der Waals surface area (Å²) in [5.74, 6) is -0.274. The number of benzene rings is 1. The van der Waals surface area contributed by atoms with Crippen LogP contribution < -0.4 is 4.74 Å². The maximum atomic E-state index is 14.5. The van der Waals surface area contributed by atoms with Gasteiger partial charge in [-0.15, -0.1) is 10.2 Å². The summed E-state index contributed by atoms with van der Waals surface area (Å²) >= 11 is 0. The Bertz CT molecular complexity index is 762. The summed E-state index contributed by atoms with van der Waals surface area (Å²) in [6.45, 7) is 4.75. The standard InChI is InChI=1S/C17H20FN3O4/c1-10(2)15-19-20-16(25-15)12-9-24-8-7-21(12)17(22)11-5-4-6-13(23-3)14(11)18/h4-6,10,12H,7-9H2,1-3H3/t12-/m1/s1. The molecule has 7 nitrogen and oxygen atoms in total. The number of carbonyl (C=O) groups is 1. The van der Waals surface area contributed by atoms with Gasteiger partial charge in [0.2, 0.25) is 11.8 Å². The maximum absolute atomic E-state index is 14.5. The van der Waals surface area contributed by atoms with Gasteiger partial charge in [0, 0.05) is 12.5 Å². The summed E-state index contributed by atoms with van der Waals surface area (Å²) in [4.78, 5) is 14.4. The molecule has 1 aliphatic rings. The van der Waals surface area contributed by atoms with Gasteiger partial charge in [0.15, 0.2) is 11.6 Å². The van der Waals surface area contributed by atoms with Gasteiger partial charge in [0.1, 0.15) is 6.04 Å². The first-order valence-corrected chi connectivity index (χ1v) is 8.07. The Labute approximate surface area is 144 Å². The second-order valence-electron chi connectivity index (χ2n) is 6.04. The van der Waals surface area contributed by atoms with Gasteiger partial charge in [-0.25, -0.2) is 4.39 Å². The topological polar surface area (TPSA) is 77.7 Å². The number of hydrogen-bond acceptors (Lipinski definition) is 6. The van der Waals surface area contributed by atoms with Crippen LogP contribution in [0, 0.1) is 5.82 Å². The summed E-state index contributed by atoms with van der Waals surface area (Å²) in [6, 6.07) is 3.93. The molecule has 1 aromatic heterocycles. The van der Waals surface area contributed by atoms with E-state index in [4.69, 9.17) is 13.9 Å². The van der Waals surface area contributed by atoms with Crippen LogP contribution in [0.5, 0.6) is 5.75 Å². The lowest BCUT2D eigenvalue weighted by Crippen LogP contribution is -2.43. The lowest BCUT2D eigenvalue weighted by Gasteiger charge is -2.33. The van der Waals surface area contributed by atoms with Crippen molar-refractivity contribution in [1.82, 2.24) is 15.1 Å². The van der Waals surface area contributed by atoms with Crippen LogP contribution >= 0.6 is 0 Å². The minimum Gasteiger partial charge on any atom is -0.494 e. The molecule has 0 aliphatic carbocycles. The Morgan fingerprint density at radius 2 is 2.20 bits per heavy atom. The number of morpholine rings is 1. The van der Waals surface area contributed by atoms with E-state index < -0.39 is 17.8 Å². The van der Waals surface area contributed by atoms with Crippen LogP contribution in [0.4, 0.5) is 4.39 Å². The molecule has 0 N–H and O–H groups in total. The lowest BCUT2D eigenvalue weighted by molar-refractivity contribution is -0.0110. The second kappa shape index (κ2) is 7.18. The van der Waals surface area contributed by atoms with Crippen molar-refractivity contribution in [2.24, 2.45) is 0 Å². The van der Waals surface area contributed by atoms with Crippen LogP contribution in [0.15, 0.2) is 22.6 Å². The number of nitrogens with zero attached hydrogens (tertiary/aromatic N) is 3. The van der Waals surface area contributed by atoms with Gasteiger partial charge < -0.3 is 18.8 Å². The Balaban J connectivity index is 1.91. The van der Waals surface area contributed by atoms with Gasteiger partial charge in [0.05, 0.1) is 25.9 Å². The molecule has 2 aromatic rings. The van der Waals surface area contributed by atoms with Crippen molar-refractivity contribution in [2.45, 2.75) is 25.8 Å². The molecule has 0 spiro atoms. The predicted molar refractivity (Wildman–Crippen MR) is 85.9 cm³/mol. The minimum absolute atomic E-state index is 0.0237. The van der Waals surface area contributed by atoms with E-state index in [1.807, 2.05) is 13.8 Å². The van der Waals surface area contributed by atoms with E-state index in [-0.39, 0.29) is 23.8 Å². The first-order chi connectivity index (χ1) is 12.0. The van der Waals surface area contributed by atoms with Crippen LogP contribution in [0.25, 0.3) is 0 Å². The molecule has 0 saturated carbocycles. The molecule has 3 rings (SSSR count). The van der Waals surface area contributed by atoms with Crippen molar-refractivity contribution >= 4 is 5.91 Å². The van der Waals surface area contributed by atoms with Gasteiger partial charge in [-0.2, -0.15) is 0 Å². The molecule has 0 unspecified atom stereocenters. The quantitative estimate of drug-likeness (QED) is 0.844. The summed E-state index contributed by atoms with van der Waals surface area (Å²) in [5.41, 5.74) is -0.0603. The van der Waals surface area contributed by atoms with E-state index in [9.17, 15) is 9.18 Å². The lowest BCUT2D eigenvalue weighted by atomic mass is 10.1. The molecule has 1 aromatic carbocycles. The summed E-state index contributed by atoms with van der Waals surface area (Å²) < 4.78 is 30.5. The van der Waals surface area contributed by atoms with E-state index in [2.05, 4.69) is 10.2 Å². The molecule has 1 saturated heterocycles. The fourth-order valence-corrected chi connectivity index (χ4v) is 2.65. The number of aromatic nitrogens is 2. The number of carbonyl (C=O) groups excluding carboxylic acids is 1. The van der Waals surface area contributed by atoms with Gasteiger partial charge in [-0.3, -0.25) is 4.79 Å². The number of methoxy groups -OCH3 is 1. The highest BCUT2D eigenvalue weighted by Gasteiger charge is 2.34. The second-order valence-corrected chi connectivity index (χ2v) is 6.04. The molecule has 1 atom stereocenters. The Hall–Kier alpha value is -2.48. The van der Waals surface area contributed by atoms with Crippen molar-refractivity contribution < 1.29 is 23.1 Å². The monoisotopic (exact) mass is 349 g/mol. The Morgan fingerprint density at radius 1 is 1.40 bits per heavy atom. The fraction of sp³-hybridized carbons (Fsp3) is 0.471. The van der Waals surface area contributed by atoms with Gasteiger partial charge >= 0.3 is 0 Å². The van der Waals surface area contributed by atoms with E-state index in [1.165, 1.54) is 24.1 Å². The first-order valence-electron chi connectivity index (χ1n) is 8.07. The predicted octanol–water partition coefficient (Wildman–Crippen LogP) is 2.55. The molecular formula is C17H20FN3O4. The first kappa shape index (κ1) is 17.3. The largest absolute Gasteiger partial charge is 0.494 e. The molecule has 0 radical (unpaired) electrons. The molecule has 0 bridgehead atoms. The van der Waals surface area contributed by atoms with Crippen molar-refractivity contribution in [2.75, 3.05) is 26.9 Å². The minimum atomic E-state index is -0.686. The van der Waals surface area contributed by atoms with E-state index in [0.29, 0.717) is 24.9 Å². The molecule has 1 fully saturated rings. The van der Waals surface area contributed by atoms with Gasteiger partial charge in [-0.1, -0.05) is 19.9 Å². The van der Waals surface area contributed by atoms with E-state index in [1.54, 1.807) is 6.07 Å². The van der Waals surface area contributed by atoms with Crippen molar-refractivity contribution in [3.8, 4) is 5.75 Å². The fourth-order valence-electron chi connectivity index (χ4n) is 2.65. The molecular weight excluding hydrogens is 329 g/mol. The molecule has 1 aliphatic heterocycles. The SMILES string of the molecule is COc1cccc(C(=O)N2CCOC[C@@H]2c2nnc(C(C)C)o2)c1F. The number of halogens is 1. The highest BCUT2D eigenvalue weighted by molar-refractivity contribution is 5.95. The van der Waals surface area contributed by atoms with Crippen LogP contribution in [-0.4, -0.2) is 47.9 Å². The highest BCUT2D eigenvalue weighted by Crippen LogP contribution is 2.28. The summed E-state index contributed by atoms with van der Waals surface area (Å²) in [5, 5.41) is 8.03. The number of hydrogen-bond donors (Lipinski definition) is 0. The maximum Gasteiger partial charge on any atom is 0.257 e. The molecule has 134 valence electrons. The zero-order valence-corrected chi connectivity index (χ0v) is 14.4. The Kier molecular flexibility index (Phi) is 4.98. The molecule has 8 heteroatoms. The smallest absolute Gasteiger partial charge is 0.257 e. The average molecular weight is 349 g/mol. The Morgan fingerprint density at radius 3 is 2.88 bits per heavy atom. The third kappa shape index (κ3) is 3.34. The zero-order valence-electron chi connectivity index (χ0n) is 14.4. The van der Waals surface area contributed by atoms with Crippen LogP contribution in [0.1, 0.15) is 47.9 Å². The summed E-state index contributed by atoms with van der Waals surface area (Å²) in [7, 11) is 1.36. The number of rotatable bonds is 4. The van der Waals surface area contributed by atoms with Crippen LogP contribution in [0.2, 0.25) is 0 Å². The normalized spacial score (nSPS) is 17.8. The van der Waals surface area contributed by atoms with Crippen molar-refractivity contribution in [3.63, 3.8) is 0 Å². The molecule has 1 amide bonds. The van der Waals surface area contributed by atoms with Crippen molar-refractivity contribution in [3.05, 3.63) is 41.4 Å². The van der Waals surface area contributed by atoms with Crippen LogP contribution in [-0.2, 0) is 4.74 Å². The zero-order chi connectivity index (χ0) is 18.0. The van der Waals surface area contributed by atoms with Gasteiger partial charge in [-0.05, 0) is 12.1 Å². The third-order valence-corrected chi connectivity index (χ3v) is 4.04. The third-order valence-electron chi connectivity index (χ3n) is 4.04.